The number of amides is 1. The molecule has 0 aromatic heterocycles. The van der Waals surface area contributed by atoms with Gasteiger partial charge in [0, 0.05) is 45.5 Å². The second kappa shape index (κ2) is 7.75. The number of rotatable bonds is 5. The highest BCUT2D eigenvalue weighted by molar-refractivity contribution is 5.85. The van der Waals surface area contributed by atoms with E-state index in [1.807, 2.05) is 25.8 Å². The number of ether oxygens (including phenoxy) is 1. The Morgan fingerprint density at radius 1 is 1.20 bits per heavy atom. The number of benzene rings is 1. The fourth-order valence-electron chi connectivity index (χ4n) is 4.05. The summed E-state index contributed by atoms with van der Waals surface area (Å²) in [6.07, 6.45) is 1.14. The summed E-state index contributed by atoms with van der Waals surface area (Å²) in [4.78, 5) is 19.6. The molecule has 2 fully saturated rings. The molecule has 2 aliphatic heterocycles. The van der Waals surface area contributed by atoms with E-state index >= 15 is 0 Å². The third-order valence-electron chi connectivity index (χ3n) is 5.61. The molecule has 25 heavy (non-hydrogen) atoms. The van der Waals surface area contributed by atoms with Gasteiger partial charge in [-0.1, -0.05) is 18.2 Å². The van der Waals surface area contributed by atoms with Crippen LogP contribution in [0.2, 0.25) is 0 Å². The fourth-order valence-corrected chi connectivity index (χ4v) is 4.05. The maximum absolute atomic E-state index is 13.0. The van der Waals surface area contributed by atoms with Crippen molar-refractivity contribution in [3.8, 4) is 0 Å². The highest BCUT2D eigenvalue weighted by Gasteiger charge is 2.38. The molecule has 2 heterocycles. The average Bonchev–Trinajstić information content (AvgIpc) is 3.11. The quantitative estimate of drug-likeness (QED) is 0.819. The number of morpholine rings is 1. The van der Waals surface area contributed by atoms with E-state index in [4.69, 9.17) is 4.74 Å². The summed E-state index contributed by atoms with van der Waals surface area (Å²) in [6, 6.07) is 10.6. The summed E-state index contributed by atoms with van der Waals surface area (Å²) < 4.78 is 5.42. The smallest absolute Gasteiger partial charge is 0.242 e. The largest absolute Gasteiger partial charge is 0.379 e. The summed E-state index contributed by atoms with van der Waals surface area (Å²) in [5.41, 5.74) is 0.823. The summed E-state index contributed by atoms with van der Waals surface area (Å²) in [6.45, 7) is 10.1. The van der Waals surface area contributed by atoms with Gasteiger partial charge in [-0.05, 0) is 38.3 Å². The molecule has 5 heteroatoms. The van der Waals surface area contributed by atoms with Gasteiger partial charge in [0.2, 0.25) is 5.91 Å². The van der Waals surface area contributed by atoms with Crippen LogP contribution < -0.4 is 4.90 Å². The van der Waals surface area contributed by atoms with Crippen LogP contribution in [0.5, 0.6) is 0 Å². The minimum Gasteiger partial charge on any atom is -0.379 e. The van der Waals surface area contributed by atoms with Gasteiger partial charge >= 0.3 is 0 Å². The monoisotopic (exact) mass is 345 g/mol. The van der Waals surface area contributed by atoms with Crippen LogP contribution in [-0.4, -0.2) is 74.2 Å². The first-order valence-corrected chi connectivity index (χ1v) is 9.37. The predicted octanol–water partition coefficient (Wildman–Crippen LogP) is 2.08. The minimum atomic E-state index is -0.462. The van der Waals surface area contributed by atoms with Crippen molar-refractivity contribution in [3.63, 3.8) is 0 Å². The zero-order valence-corrected chi connectivity index (χ0v) is 15.8. The van der Waals surface area contributed by atoms with Crippen molar-refractivity contribution in [3.05, 3.63) is 30.3 Å². The van der Waals surface area contributed by atoms with Crippen molar-refractivity contribution >= 4 is 11.6 Å². The van der Waals surface area contributed by atoms with E-state index in [0.29, 0.717) is 5.92 Å². The first kappa shape index (κ1) is 18.2. The Balaban J connectivity index is 1.55. The molecular formula is C20H31N3O2. The van der Waals surface area contributed by atoms with Crippen molar-refractivity contribution < 1.29 is 9.53 Å². The number of hydrogen-bond donors (Lipinski definition) is 0. The topological polar surface area (TPSA) is 36.0 Å². The normalized spacial score (nSPS) is 22.2. The zero-order valence-electron chi connectivity index (χ0n) is 15.8. The number of nitrogens with zero attached hydrogens (tertiary/aromatic N) is 3. The van der Waals surface area contributed by atoms with E-state index in [9.17, 15) is 4.79 Å². The van der Waals surface area contributed by atoms with Gasteiger partial charge in [0.1, 0.15) is 0 Å². The van der Waals surface area contributed by atoms with Crippen LogP contribution in [0.1, 0.15) is 20.3 Å². The molecule has 0 aliphatic carbocycles. The highest BCUT2D eigenvalue weighted by Crippen LogP contribution is 2.25. The zero-order chi connectivity index (χ0) is 17.9. The highest BCUT2D eigenvalue weighted by atomic mass is 16.5. The minimum absolute atomic E-state index is 0.215. The van der Waals surface area contributed by atoms with Crippen LogP contribution in [0.3, 0.4) is 0 Å². The summed E-state index contributed by atoms with van der Waals surface area (Å²) in [5, 5.41) is 0. The number of carbonyl (C=O) groups excluding carboxylic acids is 1. The molecule has 1 unspecified atom stereocenters. The van der Waals surface area contributed by atoms with Crippen molar-refractivity contribution in [2.45, 2.75) is 25.8 Å². The molecule has 0 N–H and O–H groups in total. The number of carbonyl (C=O) groups is 1. The van der Waals surface area contributed by atoms with Crippen molar-refractivity contribution in [1.82, 2.24) is 9.80 Å². The molecule has 2 aliphatic rings. The van der Waals surface area contributed by atoms with E-state index < -0.39 is 5.54 Å². The Morgan fingerprint density at radius 2 is 1.88 bits per heavy atom. The van der Waals surface area contributed by atoms with E-state index in [1.54, 1.807) is 0 Å². The molecule has 138 valence electrons. The van der Waals surface area contributed by atoms with Gasteiger partial charge < -0.3 is 14.5 Å². The molecule has 0 spiro atoms. The van der Waals surface area contributed by atoms with Crippen LogP contribution in [0.25, 0.3) is 0 Å². The third-order valence-corrected chi connectivity index (χ3v) is 5.61. The lowest BCUT2D eigenvalue weighted by atomic mass is 9.99. The first-order chi connectivity index (χ1) is 12.0. The second-order valence-electron chi connectivity index (χ2n) is 7.78. The Hall–Kier alpha value is -1.59. The maximum atomic E-state index is 13.0. The number of para-hydroxylation sites is 1. The first-order valence-electron chi connectivity index (χ1n) is 9.37. The van der Waals surface area contributed by atoms with E-state index in [1.165, 1.54) is 5.69 Å². The second-order valence-corrected chi connectivity index (χ2v) is 7.78. The van der Waals surface area contributed by atoms with E-state index in [0.717, 1.165) is 52.4 Å². The van der Waals surface area contributed by atoms with Gasteiger partial charge in [0.25, 0.3) is 0 Å². The van der Waals surface area contributed by atoms with Gasteiger partial charge in [-0.15, -0.1) is 0 Å². The molecule has 2 saturated heterocycles. The lowest BCUT2D eigenvalue weighted by Gasteiger charge is -2.41. The Bertz CT molecular complexity index is 570. The van der Waals surface area contributed by atoms with Crippen LogP contribution in [0.15, 0.2) is 30.3 Å². The van der Waals surface area contributed by atoms with E-state index in [2.05, 4.69) is 40.1 Å². The molecule has 1 aromatic carbocycles. The van der Waals surface area contributed by atoms with Crippen molar-refractivity contribution in [2.75, 3.05) is 57.9 Å². The molecule has 0 radical (unpaired) electrons. The van der Waals surface area contributed by atoms with Gasteiger partial charge in [0.15, 0.2) is 0 Å². The van der Waals surface area contributed by atoms with Crippen molar-refractivity contribution in [2.24, 2.45) is 5.92 Å². The fraction of sp³-hybridized carbons (Fsp3) is 0.650. The molecule has 5 nitrogen and oxygen atoms in total. The molecule has 3 rings (SSSR count). The Kier molecular flexibility index (Phi) is 5.64. The molecule has 0 bridgehead atoms. The lowest BCUT2D eigenvalue weighted by molar-refractivity contribution is -0.144. The SMILES string of the molecule is CN(CC1CCN(c2ccccc2)C1)C(=O)C(C)(C)N1CCOCC1. The lowest BCUT2D eigenvalue weighted by Crippen LogP contribution is -2.58. The standard InChI is InChI=1S/C20H31N3O2/c1-20(2,23-11-13-25-14-12-23)19(24)21(3)15-17-9-10-22(16-17)18-7-5-4-6-8-18/h4-8,17H,9-16H2,1-3H3. The molecule has 1 amide bonds. The van der Waals surface area contributed by atoms with Crippen LogP contribution in [-0.2, 0) is 9.53 Å². The number of likely N-dealkylation sites (N-methyl/N-ethyl adjacent to an activating group) is 1. The molecule has 1 aromatic rings. The Labute approximate surface area is 151 Å². The van der Waals surface area contributed by atoms with Crippen molar-refractivity contribution in [1.29, 1.82) is 0 Å². The van der Waals surface area contributed by atoms with Gasteiger partial charge in [-0.3, -0.25) is 9.69 Å². The number of hydrogen-bond acceptors (Lipinski definition) is 4. The third kappa shape index (κ3) is 4.15. The molecular weight excluding hydrogens is 314 g/mol. The summed E-state index contributed by atoms with van der Waals surface area (Å²) in [7, 11) is 1.95. The van der Waals surface area contributed by atoms with Gasteiger partial charge in [0.05, 0.1) is 18.8 Å². The van der Waals surface area contributed by atoms with Gasteiger partial charge in [-0.25, -0.2) is 0 Å². The average molecular weight is 345 g/mol. The van der Waals surface area contributed by atoms with Crippen LogP contribution in [0.4, 0.5) is 5.69 Å². The predicted molar refractivity (Wildman–Crippen MR) is 101 cm³/mol. The maximum Gasteiger partial charge on any atom is 0.242 e. The van der Waals surface area contributed by atoms with E-state index in [-0.39, 0.29) is 5.91 Å². The summed E-state index contributed by atoms with van der Waals surface area (Å²) >= 11 is 0. The van der Waals surface area contributed by atoms with Crippen LogP contribution >= 0.6 is 0 Å². The Morgan fingerprint density at radius 3 is 2.56 bits per heavy atom. The summed E-state index contributed by atoms with van der Waals surface area (Å²) in [5.74, 6) is 0.752. The van der Waals surface area contributed by atoms with Crippen LogP contribution in [0, 0.1) is 5.92 Å². The van der Waals surface area contributed by atoms with Gasteiger partial charge in [-0.2, -0.15) is 0 Å². The molecule has 1 atom stereocenters. The number of anilines is 1. The molecule has 0 saturated carbocycles.